The van der Waals surface area contributed by atoms with Crippen molar-refractivity contribution in [2.45, 2.75) is 160 Å². The minimum atomic E-state index is 0.197. The molecule has 0 aromatic heterocycles. The molecule has 2 fully saturated rings. The van der Waals surface area contributed by atoms with Gasteiger partial charge in [0.05, 0.1) is 0 Å². The first-order valence-electron chi connectivity index (χ1n) is 12.8. The Kier molecular flexibility index (Phi) is 8.86. The summed E-state index contributed by atoms with van der Waals surface area (Å²) in [6, 6.07) is 1.75. The van der Waals surface area contributed by atoms with Crippen molar-refractivity contribution in [1.82, 2.24) is 21.3 Å². The molecule has 0 amide bonds. The summed E-state index contributed by atoms with van der Waals surface area (Å²) in [6.07, 6.45) is 11.5. The molecule has 1 unspecified atom stereocenters. The van der Waals surface area contributed by atoms with Gasteiger partial charge in [-0.05, 0) is 87.5 Å². The quantitative estimate of drug-likeness (QED) is 0.369. The topological polar surface area (TPSA) is 48.1 Å². The summed E-state index contributed by atoms with van der Waals surface area (Å²) >= 11 is 0. The molecule has 0 aliphatic carbocycles. The zero-order valence-electron chi connectivity index (χ0n) is 21.8. The van der Waals surface area contributed by atoms with E-state index in [2.05, 4.69) is 83.6 Å². The van der Waals surface area contributed by atoms with Crippen LogP contribution in [0, 0.1) is 0 Å². The summed E-state index contributed by atoms with van der Waals surface area (Å²) in [6.45, 7) is 22.2. The summed E-state index contributed by atoms with van der Waals surface area (Å²) in [5, 5.41) is 15.7. The van der Waals surface area contributed by atoms with Gasteiger partial charge >= 0.3 is 0 Å². The van der Waals surface area contributed by atoms with Crippen LogP contribution in [0.25, 0.3) is 0 Å². The highest BCUT2D eigenvalue weighted by molar-refractivity contribution is 5.02. The zero-order chi connectivity index (χ0) is 22.6. The minimum absolute atomic E-state index is 0.197. The third-order valence-electron chi connectivity index (χ3n) is 6.91. The largest absolute Gasteiger partial charge is 0.312 e. The Bertz CT molecular complexity index is 491. The summed E-state index contributed by atoms with van der Waals surface area (Å²) in [5.41, 5.74) is 0.796. The monoisotopic (exact) mass is 422 g/mol. The number of hydrogen-bond donors (Lipinski definition) is 4. The van der Waals surface area contributed by atoms with Crippen LogP contribution in [0.3, 0.4) is 0 Å². The van der Waals surface area contributed by atoms with E-state index in [-0.39, 0.29) is 22.2 Å². The third-order valence-corrected chi connectivity index (χ3v) is 6.91. The van der Waals surface area contributed by atoms with Gasteiger partial charge in [-0.3, -0.25) is 0 Å². The van der Waals surface area contributed by atoms with E-state index >= 15 is 0 Å². The first-order chi connectivity index (χ1) is 13.7. The normalized spacial score (nSPS) is 27.1. The SMILES string of the molecule is CCCCCCC(CNC1CC(C)(C)NC(C)(C)C1)NC1CC(C)(C)NC(C)(C)C1. The van der Waals surface area contributed by atoms with Crippen LogP contribution in [-0.4, -0.2) is 46.8 Å². The maximum atomic E-state index is 4.11. The fraction of sp³-hybridized carbons (Fsp3) is 1.00. The molecule has 2 saturated heterocycles. The molecule has 1 atom stereocenters. The van der Waals surface area contributed by atoms with Gasteiger partial charge in [0.25, 0.3) is 0 Å². The summed E-state index contributed by atoms with van der Waals surface area (Å²) < 4.78 is 0. The van der Waals surface area contributed by atoms with E-state index in [0.29, 0.717) is 18.1 Å². The van der Waals surface area contributed by atoms with Gasteiger partial charge < -0.3 is 21.3 Å². The molecule has 0 aromatic carbocycles. The van der Waals surface area contributed by atoms with Crippen LogP contribution in [0.4, 0.5) is 0 Å². The predicted molar refractivity (Wildman–Crippen MR) is 132 cm³/mol. The Balaban J connectivity index is 1.97. The van der Waals surface area contributed by atoms with Crippen LogP contribution in [0.1, 0.15) is 120 Å². The molecule has 2 rings (SSSR count). The first-order valence-corrected chi connectivity index (χ1v) is 12.8. The molecule has 2 heterocycles. The molecular formula is C26H54N4. The number of unbranched alkanes of at least 4 members (excludes halogenated alkanes) is 3. The second-order valence-electron chi connectivity index (χ2n) is 13.1. The number of rotatable bonds is 10. The van der Waals surface area contributed by atoms with E-state index in [1.807, 2.05) is 0 Å². The van der Waals surface area contributed by atoms with Crippen molar-refractivity contribution in [3.8, 4) is 0 Å². The average Bonchev–Trinajstić information content (AvgIpc) is 2.50. The van der Waals surface area contributed by atoms with Crippen LogP contribution in [0.5, 0.6) is 0 Å². The van der Waals surface area contributed by atoms with Gasteiger partial charge in [-0.2, -0.15) is 0 Å². The molecule has 4 heteroatoms. The summed E-state index contributed by atoms with van der Waals surface area (Å²) in [7, 11) is 0. The molecule has 0 spiro atoms. The lowest BCUT2D eigenvalue weighted by molar-refractivity contribution is 0.129. The van der Waals surface area contributed by atoms with Crippen molar-refractivity contribution in [2.24, 2.45) is 0 Å². The fourth-order valence-electron chi connectivity index (χ4n) is 6.61. The van der Waals surface area contributed by atoms with E-state index < -0.39 is 0 Å². The Hall–Kier alpha value is -0.160. The Morgan fingerprint density at radius 3 is 1.63 bits per heavy atom. The van der Waals surface area contributed by atoms with Crippen molar-refractivity contribution in [3.05, 3.63) is 0 Å². The summed E-state index contributed by atoms with van der Waals surface area (Å²) in [4.78, 5) is 0. The van der Waals surface area contributed by atoms with Crippen molar-refractivity contribution in [1.29, 1.82) is 0 Å². The van der Waals surface area contributed by atoms with Crippen molar-refractivity contribution in [2.75, 3.05) is 6.54 Å². The smallest absolute Gasteiger partial charge is 0.0195 e. The Labute approximate surface area is 188 Å². The highest BCUT2D eigenvalue weighted by atomic mass is 15.1. The van der Waals surface area contributed by atoms with E-state index in [0.717, 1.165) is 6.54 Å². The standard InChI is InChI=1S/C26H54N4/c1-10-11-12-13-14-20(28-22-17-25(6,7)30-26(8,9)18-22)19-27-21-15-23(2,3)29-24(4,5)16-21/h20-22,27-30H,10-19H2,1-9H3. The van der Waals surface area contributed by atoms with Crippen LogP contribution in [-0.2, 0) is 0 Å². The Morgan fingerprint density at radius 2 is 1.17 bits per heavy atom. The van der Waals surface area contributed by atoms with E-state index in [9.17, 15) is 0 Å². The zero-order valence-corrected chi connectivity index (χ0v) is 21.8. The average molecular weight is 423 g/mol. The van der Waals surface area contributed by atoms with Gasteiger partial charge in [-0.1, -0.05) is 32.6 Å². The van der Waals surface area contributed by atoms with Gasteiger partial charge in [0.1, 0.15) is 0 Å². The van der Waals surface area contributed by atoms with Crippen LogP contribution >= 0.6 is 0 Å². The molecule has 2 aliphatic heterocycles. The van der Waals surface area contributed by atoms with Gasteiger partial charge in [0, 0.05) is 46.8 Å². The minimum Gasteiger partial charge on any atom is -0.312 e. The number of nitrogens with one attached hydrogen (secondary N) is 4. The molecule has 178 valence electrons. The van der Waals surface area contributed by atoms with E-state index in [1.54, 1.807) is 0 Å². The van der Waals surface area contributed by atoms with Crippen LogP contribution < -0.4 is 21.3 Å². The van der Waals surface area contributed by atoms with Crippen molar-refractivity contribution in [3.63, 3.8) is 0 Å². The second kappa shape index (κ2) is 10.2. The molecule has 0 saturated carbocycles. The maximum absolute atomic E-state index is 4.11. The predicted octanol–water partition coefficient (Wildman–Crippen LogP) is 5.12. The molecule has 0 bridgehead atoms. The van der Waals surface area contributed by atoms with Gasteiger partial charge in [-0.25, -0.2) is 0 Å². The van der Waals surface area contributed by atoms with Gasteiger partial charge in [-0.15, -0.1) is 0 Å². The highest BCUT2D eigenvalue weighted by Crippen LogP contribution is 2.30. The number of hydrogen-bond acceptors (Lipinski definition) is 4. The molecular weight excluding hydrogens is 368 g/mol. The maximum Gasteiger partial charge on any atom is 0.0195 e. The molecule has 4 nitrogen and oxygen atoms in total. The van der Waals surface area contributed by atoms with Crippen molar-refractivity contribution >= 4 is 0 Å². The van der Waals surface area contributed by atoms with Gasteiger partial charge in [0.2, 0.25) is 0 Å². The highest BCUT2D eigenvalue weighted by Gasteiger charge is 2.39. The molecule has 2 aliphatic rings. The number of piperidine rings is 2. The molecule has 4 N–H and O–H groups in total. The van der Waals surface area contributed by atoms with E-state index in [1.165, 1.54) is 57.8 Å². The lowest BCUT2D eigenvalue weighted by Gasteiger charge is -2.48. The summed E-state index contributed by atoms with van der Waals surface area (Å²) in [5.74, 6) is 0. The molecule has 30 heavy (non-hydrogen) atoms. The lowest BCUT2D eigenvalue weighted by Crippen LogP contribution is -2.64. The lowest BCUT2D eigenvalue weighted by atomic mass is 9.79. The molecule has 0 radical (unpaired) electrons. The third kappa shape index (κ3) is 9.14. The Morgan fingerprint density at radius 1 is 0.700 bits per heavy atom. The first kappa shape index (κ1) is 26.1. The second-order valence-corrected chi connectivity index (χ2v) is 13.1. The van der Waals surface area contributed by atoms with Crippen molar-refractivity contribution < 1.29 is 0 Å². The van der Waals surface area contributed by atoms with Crippen LogP contribution in [0.2, 0.25) is 0 Å². The fourth-order valence-corrected chi connectivity index (χ4v) is 6.61. The van der Waals surface area contributed by atoms with Crippen LogP contribution in [0.15, 0.2) is 0 Å². The molecule has 0 aromatic rings. The van der Waals surface area contributed by atoms with Gasteiger partial charge in [0.15, 0.2) is 0 Å². The van der Waals surface area contributed by atoms with E-state index in [4.69, 9.17) is 0 Å².